The summed E-state index contributed by atoms with van der Waals surface area (Å²) in [6, 6.07) is 7.98. The molecule has 2 saturated heterocycles. The van der Waals surface area contributed by atoms with Gasteiger partial charge in [-0.2, -0.15) is 11.8 Å². The number of benzene rings is 1. The van der Waals surface area contributed by atoms with Gasteiger partial charge in [0.05, 0.1) is 13.2 Å². The molecule has 2 aliphatic heterocycles. The van der Waals surface area contributed by atoms with Gasteiger partial charge in [-0.25, -0.2) is 0 Å². The lowest BCUT2D eigenvalue weighted by Gasteiger charge is -2.34. The van der Waals surface area contributed by atoms with Crippen molar-refractivity contribution in [1.82, 2.24) is 10.2 Å². The third-order valence-electron chi connectivity index (χ3n) is 4.08. The van der Waals surface area contributed by atoms with Crippen LogP contribution in [0.15, 0.2) is 24.3 Å². The molecule has 2 unspecified atom stereocenters. The van der Waals surface area contributed by atoms with Crippen LogP contribution in [-0.4, -0.2) is 54.6 Å². The van der Waals surface area contributed by atoms with Crippen LogP contribution in [0.4, 0.5) is 0 Å². The predicted octanol–water partition coefficient (Wildman–Crippen LogP) is 2.33. The van der Waals surface area contributed by atoms with Gasteiger partial charge in [-0.05, 0) is 17.7 Å². The second-order valence-corrected chi connectivity index (χ2v) is 7.27. The fourth-order valence-corrected chi connectivity index (χ4v) is 3.92. The van der Waals surface area contributed by atoms with Crippen molar-refractivity contribution in [3.63, 3.8) is 0 Å². The number of morpholine rings is 1. The minimum atomic E-state index is -0.0522. The zero-order valence-electron chi connectivity index (χ0n) is 12.5. The van der Waals surface area contributed by atoms with Crippen molar-refractivity contribution in [2.75, 3.05) is 37.7 Å². The first-order chi connectivity index (χ1) is 10.7. The van der Waals surface area contributed by atoms with Gasteiger partial charge in [-0.3, -0.25) is 4.79 Å². The van der Waals surface area contributed by atoms with Gasteiger partial charge >= 0.3 is 0 Å². The SMILES string of the molecule is O=C(CC1CSCCN1)N1CCOC(c2ccc(Cl)cc2)C1. The molecule has 3 rings (SSSR count). The molecule has 120 valence electrons. The maximum Gasteiger partial charge on any atom is 0.224 e. The van der Waals surface area contributed by atoms with Crippen LogP contribution in [0, 0.1) is 0 Å². The second kappa shape index (κ2) is 7.68. The number of rotatable bonds is 3. The Morgan fingerprint density at radius 1 is 1.41 bits per heavy atom. The van der Waals surface area contributed by atoms with Gasteiger partial charge < -0.3 is 15.0 Å². The van der Waals surface area contributed by atoms with E-state index in [0.717, 1.165) is 23.6 Å². The van der Waals surface area contributed by atoms with Gasteiger partial charge in [0.25, 0.3) is 0 Å². The molecule has 0 spiro atoms. The number of carbonyl (C=O) groups is 1. The van der Waals surface area contributed by atoms with E-state index in [1.165, 1.54) is 0 Å². The average Bonchev–Trinajstić information content (AvgIpc) is 2.56. The first-order valence-electron chi connectivity index (χ1n) is 7.68. The standard InChI is InChI=1S/C16H21ClN2O2S/c17-13-3-1-12(2-4-13)15-10-19(6-7-21-15)16(20)9-14-11-22-8-5-18-14/h1-4,14-15,18H,5-11H2. The summed E-state index contributed by atoms with van der Waals surface area (Å²) < 4.78 is 5.82. The van der Waals surface area contributed by atoms with Crippen molar-refractivity contribution in [3.8, 4) is 0 Å². The molecule has 0 saturated carbocycles. The Morgan fingerprint density at radius 2 is 2.23 bits per heavy atom. The fraction of sp³-hybridized carbons (Fsp3) is 0.562. The number of nitrogens with one attached hydrogen (secondary N) is 1. The number of hydrogen-bond donors (Lipinski definition) is 1. The predicted molar refractivity (Wildman–Crippen MR) is 90.5 cm³/mol. The van der Waals surface area contributed by atoms with Gasteiger partial charge in [0.1, 0.15) is 6.10 Å². The first-order valence-corrected chi connectivity index (χ1v) is 9.21. The van der Waals surface area contributed by atoms with Crippen molar-refractivity contribution in [2.45, 2.75) is 18.6 Å². The molecule has 2 heterocycles. The molecule has 22 heavy (non-hydrogen) atoms. The van der Waals surface area contributed by atoms with Crippen molar-refractivity contribution in [1.29, 1.82) is 0 Å². The van der Waals surface area contributed by atoms with Crippen LogP contribution >= 0.6 is 23.4 Å². The monoisotopic (exact) mass is 340 g/mol. The number of amides is 1. The highest BCUT2D eigenvalue weighted by molar-refractivity contribution is 7.99. The largest absolute Gasteiger partial charge is 0.370 e. The van der Waals surface area contributed by atoms with Crippen LogP contribution in [0.25, 0.3) is 0 Å². The van der Waals surface area contributed by atoms with E-state index >= 15 is 0 Å². The molecule has 0 radical (unpaired) electrons. The third-order valence-corrected chi connectivity index (χ3v) is 5.46. The second-order valence-electron chi connectivity index (χ2n) is 5.68. The summed E-state index contributed by atoms with van der Waals surface area (Å²) in [7, 11) is 0. The molecule has 1 amide bonds. The van der Waals surface area contributed by atoms with E-state index in [4.69, 9.17) is 16.3 Å². The summed E-state index contributed by atoms with van der Waals surface area (Å²) in [5.74, 6) is 2.39. The van der Waals surface area contributed by atoms with E-state index in [9.17, 15) is 4.79 Å². The van der Waals surface area contributed by atoms with E-state index in [1.807, 2.05) is 40.9 Å². The summed E-state index contributed by atoms with van der Waals surface area (Å²) in [6.07, 6.45) is 0.531. The highest BCUT2D eigenvalue weighted by atomic mass is 35.5. The maximum atomic E-state index is 12.5. The molecule has 0 bridgehead atoms. The molecule has 0 aromatic heterocycles. The highest BCUT2D eigenvalue weighted by Gasteiger charge is 2.27. The van der Waals surface area contributed by atoms with Crippen molar-refractivity contribution < 1.29 is 9.53 Å². The Balaban J connectivity index is 1.57. The third kappa shape index (κ3) is 4.16. The highest BCUT2D eigenvalue weighted by Crippen LogP contribution is 2.24. The molecule has 0 aliphatic carbocycles. The van der Waals surface area contributed by atoms with E-state index in [-0.39, 0.29) is 12.0 Å². The lowest BCUT2D eigenvalue weighted by molar-refractivity contribution is -0.139. The minimum Gasteiger partial charge on any atom is -0.370 e. The molecule has 1 aromatic carbocycles. The van der Waals surface area contributed by atoms with Crippen LogP contribution in [0.3, 0.4) is 0 Å². The van der Waals surface area contributed by atoms with Crippen LogP contribution in [0.1, 0.15) is 18.1 Å². The van der Waals surface area contributed by atoms with Crippen molar-refractivity contribution in [2.24, 2.45) is 0 Å². The van der Waals surface area contributed by atoms with Gasteiger partial charge in [0, 0.05) is 42.1 Å². The van der Waals surface area contributed by atoms with Gasteiger partial charge in [0.15, 0.2) is 0 Å². The number of ether oxygens (including phenoxy) is 1. The van der Waals surface area contributed by atoms with E-state index in [1.54, 1.807) is 0 Å². The number of carbonyl (C=O) groups excluding carboxylic acids is 1. The zero-order chi connectivity index (χ0) is 15.4. The lowest BCUT2D eigenvalue weighted by Crippen LogP contribution is -2.46. The summed E-state index contributed by atoms with van der Waals surface area (Å²) in [6.45, 7) is 2.90. The number of hydrogen-bond acceptors (Lipinski definition) is 4. The Hall–Kier alpha value is -0.750. The minimum absolute atomic E-state index is 0.0522. The van der Waals surface area contributed by atoms with E-state index in [0.29, 0.717) is 37.2 Å². The van der Waals surface area contributed by atoms with Crippen LogP contribution in [0.2, 0.25) is 5.02 Å². The van der Waals surface area contributed by atoms with Crippen LogP contribution < -0.4 is 5.32 Å². The summed E-state index contributed by atoms with van der Waals surface area (Å²) in [5.41, 5.74) is 1.08. The Kier molecular flexibility index (Phi) is 5.63. The quantitative estimate of drug-likeness (QED) is 0.917. The topological polar surface area (TPSA) is 41.6 Å². The van der Waals surface area contributed by atoms with Gasteiger partial charge in [0.2, 0.25) is 5.91 Å². The first kappa shape index (κ1) is 16.1. The maximum absolute atomic E-state index is 12.5. The summed E-state index contributed by atoms with van der Waals surface area (Å²) in [5, 5.41) is 4.14. The van der Waals surface area contributed by atoms with E-state index in [2.05, 4.69) is 5.32 Å². The molecule has 1 aromatic rings. The Labute approximate surface area is 140 Å². The number of halogens is 1. The Bertz CT molecular complexity index is 505. The zero-order valence-corrected chi connectivity index (χ0v) is 14.0. The summed E-state index contributed by atoms with van der Waals surface area (Å²) >= 11 is 7.84. The number of thioether (sulfide) groups is 1. The molecular formula is C16H21ClN2O2S. The Morgan fingerprint density at radius 3 is 2.95 bits per heavy atom. The lowest BCUT2D eigenvalue weighted by atomic mass is 10.1. The van der Waals surface area contributed by atoms with Gasteiger partial charge in [-0.1, -0.05) is 23.7 Å². The van der Waals surface area contributed by atoms with Crippen molar-refractivity contribution >= 4 is 29.3 Å². The molecule has 1 N–H and O–H groups in total. The summed E-state index contributed by atoms with van der Waals surface area (Å²) in [4.78, 5) is 14.4. The van der Waals surface area contributed by atoms with Crippen LogP contribution in [0.5, 0.6) is 0 Å². The van der Waals surface area contributed by atoms with Crippen LogP contribution in [-0.2, 0) is 9.53 Å². The molecule has 2 atom stereocenters. The molecular weight excluding hydrogens is 320 g/mol. The normalized spacial score (nSPS) is 26.0. The molecule has 2 aliphatic rings. The van der Waals surface area contributed by atoms with Crippen molar-refractivity contribution in [3.05, 3.63) is 34.9 Å². The molecule has 2 fully saturated rings. The van der Waals surface area contributed by atoms with E-state index < -0.39 is 0 Å². The molecule has 6 heteroatoms. The number of nitrogens with zero attached hydrogens (tertiary/aromatic N) is 1. The molecule has 4 nitrogen and oxygen atoms in total. The fourth-order valence-electron chi connectivity index (χ4n) is 2.85. The van der Waals surface area contributed by atoms with Gasteiger partial charge in [-0.15, -0.1) is 0 Å². The average molecular weight is 341 g/mol. The smallest absolute Gasteiger partial charge is 0.224 e.